The highest BCUT2D eigenvalue weighted by atomic mass is 16.5. The van der Waals surface area contributed by atoms with Crippen molar-refractivity contribution in [2.75, 3.05) is 25.9 Å². The van der Waals surface area contributed by atoms with E-state index in [2.05, 4.69) is 26.9 Å². The van der Waals surface area contributed by atoms with Gasteiger partial charge in [-0.15, -0.1) is 0 Å². The molecule has 9 heteroatoms. The molecular weight excluding hydrogens is 408 g/mol. The van der Waals surface area contributed by atoms with E-state index in [4.69, 9.17) is 10.5 Å². The lowest BCUT2D eigenvalue weighted by Crippen LogP contribution is -2.21. The molecule has 9 nitrogen and oxygen atoms in total. The van der Waals surface area contributed by atoms with E-state index in [0.717, 1.165) is 6.42 Å². The van der Waals surface area contributed by atoms with Gasteiger partial charge >= 0.3 is 5.97 Å². The van der Waals surface area contributed by atoms with E-state index >= 15 is 0 Å². The number of hydrogen-bond donors (Lipinski definition) is 1. The van der Waals surface area contributed by atoms with E-state index in [9.17, 15) is 9.59 Å². The van der Waals surface area contributed by atoms with Crippen molar-refractivity contribution < 1.29 is 14.3 Å². The number of esters is 1. The largest absolute Gasteiger partial charge is 0.461 e. The smallest absolute Gasteiger partial charge is 0.359 e. The number of carbonyl (C=O) groups excluding carboxylic acids is 2. The highest BCUT2D eigenvalue weighted by Gasteiger charge is 2.27. The van der Waals surface area contributed by atoms with Crippen molar-refractivity contribution in [3.63, 3.8) is 0 Å². The molecular formula is C23H22N6O3. The monoisotopic (exact) mass is 430 g/mol. The summed E-state index contributed by atoms with van der Waals surface area (Å²) in [6, 6.07) is 9.01. The first kappa shape index (κ1) is 21.1. The summed E-state index contributed by atoms with van der Waals surface area (Å²) in [4.78, 5) is 35.1. The van der Waals surface area contributed by atoms with Gasteiger partial charge in [0.1, 0.15) is 11.6 Å². The third kappa shape index (κ3) is 4.16. The Kier molecular flexibility index (Phi) is 5.85. The second kappa shape index (κ2) is 8.89. The third-order valence-electron chi connectivity index (χ3n) is 5.05. The molecule has 0 radical (unpaired) electrons. The number of nitrogens with zero attached hydrogens (tertiary/aromatic N) is 5. The molecule has 0 bridgehead atoms. The van der Waals surface area contributed by atoms with Crippen molar-refractivity contribution in [3.8, 4) is 29.0 Å². The van der Waals surface area contributed by atoms with Crippen molar-refractivity contribution in [2.45, 2.75) is 13.3 Å². The van der Waals surface area contributed by atoms with E-state index in [1.54, 1.807) is 37.3 Å². The lowest BCUT2D eigenvalue weighted by Gasteiger charge is -2.12. The number of carbonyl (C=O) groups is 2. The fraction of sp³-hybridized carbons (Fsp3) is 0.261. The zero-order valence-corrected chi connectivity index (χ0v) is 17.8. The molecule has 1 saturated heterocycles. The molecule has 0 saturated carbocycles. The third-order valence-corrected chi connectivity index (χ3v) is 5.05. The van der Waals surface area contributed by atoms with Crippen LogP contribution >= 0.6 is 0 Å². The van der Waals surface area contributed by atoms with Gasteiger partial charge in [0, 0.05) is 37.1 Å². The van der Waals surface area contributed by atoms with Crippen molar-refractivity contribution >= 4 is 17.6 Å². The van der Waals surface area contributed by atoms with Crippen LogP contribution in [-0.4, -0.2) is 56.7 Å². The van der Waals surface area contributed by atoms with Crippen molar-refractivity contribution in [1.29, 1.82) is 0 Å². The first-order chi connectivity index (χ1) is 15.5. The molecule has 1 aromatic carbocycles. The summed E-state index contributed by atoms with van der Waals surface area (Å²) in [5, 5.41) is 4.17. The summed E-state index contributed by atoms with van der Waals surface area (Å²) in [7, 11) is 1.78. The summed E-state index contributed by atoms with van der Waals surface area (Å²) in [6.07, 6.45) is 3.98. The topological polar surface area (TPSA) is 116 Å². The molecule has 2 N–H and O–H groups in total. The Morgan fingerprint density at radius 1 is 1.31 bits per heavy atom. The van der Waals surface area contributed by atoms with Gasteiger partial charge in [-0.05, 0) is 31.5 Å². The number of anilines is 1. The highest BCUT2D eigenvalue weighted by molar-refractivity contribution is 5.95. The van der Waals surface area contributed by atoms with Crippen LogP contribution in [0.3, 0.4) is 0 Å². The first-order valence-electron chi connectivity index (χ1n) is 10.2. The molecule has 162 valence electrons. The number of likely N-dealkylation sites (tertiary alicyclic amines) is 1. The van der Waals surface area contributed by atoms with Crippen LogP contribution in [0.5, 0.6) is 0 Å². The molecule has 3 heterocycles. The quantitative estimate of drug-likeness (QED) is 0.496. The van der Waals surface area contributed by atoms with Gasteiger partial charge in [-0.25, -0.2) is 19.4 Å². The van der Waals surface area contributed by atoms with Crippen LogP contribution in [0.25, 0.3) is 17.2 Å². The first-order valence-corrected chi connectivity index (χ1v) is 10.2. The maximum absolute atomic E-state index is 12.5. The van der Waals surface area contributed by atoms with Gasteiger partial charge in [-0.2, -0.15) is 5.10 Å². The second-order valence-electron chi connectivity index (χ2n) is 7.26. The Morgan fingerprint density at radius 2 is 2.16 bits per heavy atom. The predicted molar refractivity (Wildman–Crippen MR) is 118 cm³/mol. The summed E-state index contributed by atoms with van der Waals surface area (Å²) < 4.78 is 6.58. The van der Waals surface area contributed by atoms with Gasteiger partial charge in [0.2, 0.25) is 5.91 Å². The SMILES string of the molecule is CCOC(=O)c1nc(-c2cccc(C#CC3CCN(C)C3=O)c2)nc(-n2cccn2)c1N. The molecule has 1 amide bonds. The van der Waals surface area contributed by atoms with Gasteiger partial charge < -0.3 is 15.4 Å². The van der Waals surface area contributed by atoms with Gasteiger partial charge in [0.15, 0.2) is 17.3 Å². The van der Waals surface area contributed by atoms with Crippen LogP contribution < -0.4 is 5.73 Å². The Labute approximate surface area is 185 Å². The van der Waals surface area contributed by atoms with E-state index in [0.29, 0.717) is 17.7 Å². The number of benzene rings is 1. The number of ether oxygens (including phenoxy) is 1. The molecule has 32 heavy (non-hydrogen) atoms. The number of rotatable bonds is 4. The Morgan fingerprint density at radius 3 is 2.84 bits per heavy atom. The molecule has 1 atom stereocenters. The van der Waals surface area contributed by atoms with E-state index < -0.39 is 5.97 Å². The Hall–Kier alpha value is -4.19. The Bertz CT molecular complexity index is 1230. The number of amides is 1. The molecule has 1 unspecified atom stereocenters. The summed E-state index contributed by atoms with van der Waals surface area (Å²) in [5.41, 5.74) is 7.59. The predicted octanol–water partition coefficient (Wildman–Crippen LogP) is 1.92. The van der Waals surface area contributed by atoms with E-state index in [1.165, 1.54) is 4.68 Å². The van der Waals surface area contributed by atoms with E-state index in [-0.39, 0.29) is 41.5 Å². The van der Waals surface area contributed by atoms with Crippen LogP contribution in [0.2, 0.25) is 0 Å². The van der Waals surface area contributed by atoms with Crippen LogP contribution in [0.1, 0.15) is 29.4 Å². The maximum Gasteiger partial charge on any atom is 0.359 e. The number of nitrogen functional groups attached to an aromatic ring is 1. The lowest BCUT2D eigenvalue weighted by molar-refractivity contribution is -0.128. The second-order valence-corrected chi connectivity index (χ2v) is 7.26. The fourth-order valence-electron chi connectivity index (χ4n) is 3.37. The molecule has 3 aromatic rings. The van der Waals surface area contributed by atoms with Crippen molar-refractivity contribution in [2.24, 2.45) is 5.92 Å². The molecule has 1 fully saturated rings. The van der Waals surface area contributed by atoms with E-state index in [1.807, 2.05) is 24.3 Å². The van der Waals surface area contributed by atoms with Gasteiger partial charge in [-0.3, -0.25) is 4.79 Å². The van der Waals surface area contributed by atoms with Gasteiger partial charge in [0.25, 0.3) is 0 Å². The summed E-state index contributed by atoms with van der Waals surface area (Å²) in [6.45, 7) is 2.61. The zero-order valence-electron chi connectivity index (χ0n) is 17.8. The number of nitrogens with two attached hydrogens (primary N) is 1. The minimum absolute atomic E-state index is 0.0292. The molecule has 1 aliphatic heterocycles. The van der Waals surface area contributed by atoms with Crippen LogP contribution in [0, 0.1) is 17.8 Å². The molecule has 1 aliphatic rings. The minimum atomic E-state index is -0.637. The van der Waals surface area contributed by atoms with Crippen LogP contribution in [0.15, 0.2) is 42.7 Å². The standard InChI is InChI=1S/C23H22N6O3/c1-3-32-23(31)19-18(24)21(29-12-5-11-25-29)27-20(26-19)17-7-4-6-15(14-17)8-9-16-10-13-28(2)22(16)30/h4-7,11-12,14,16H,3,10,13,24H2,1-2H3. The van der Waals surface area contributed by atoms with Crippen molar-refractivity contribution in [3.05, 3.63) is 54.0 Å². The fourth-order valence-corrected chi connectivity index (χ4v) is 3.37. The van der Waals surface area contributed by atoms with Gasteiger partial charge in [-0.1, -0.05) is 24.0 Å². The average molecular weight is 430 g/mol. The number of aromatic nitrogens is 4. The van der Waals surface area contributed by atoms with Crippen LogP contribution in [0.4, 0.5) is 5.69 Å². The molecule has 0 spiro atoms. The molecule has 0 aliphatic carbocycles. The molecule has 2 aromatic heterocycles. The van der Waals surface area contributed by atoms with Crippen LogP contribution in [-0.2, 0) is 9.53 Å². The Balaban J connectivity index is 1.74. The summed E-state index contributed by atoms with van der Waals surface area (Å²) in [5.74, 6) is 5.80. The van der Waals surface area contributed by atoms with Crippen molar-refractivity contribution in [1.82, 2.24) is 24.6 Å². The lowest BCUT2D eigenvalue weighted by atomic mass is 10.1. The maximum atomic E-state index is 12.5. The molecule has 4 rings (SSSR count). The number of hydrogen-bond acceptors (Lipinski definition) is 7. The average Bonchev–Trinajstić information content (AvgIpc) is 3.44. The highest BCUT2D eigenvalue weighted by Crippen LogP contribution is 2.25. The normalized spacial score (nSPS) is 15.4. The van der Waals surface area contributed by atoms with Gasteiger partial charge in [0.05, 0.1) is 6.61 Å². The minimum Gasteiger partial charge on any atom is -0.461 e. The summed E-state index contributed by atoms with van der Waals surface area (Å²) >= 11 is 0. The zero-order chi connectivity index (χ0) is 22.7.